The highest BCUT2D eigenvalue weighted by molar-refractivity contribution is 6.07. The highest BCUT2D eigenvalue weighted by Gasteiger charge is 2.33. The number of amides is 1. The first-order valence-corrected chi connectivity index (χ1v) is 8.05. The summed E-state index contributed by atoms with van der Waals surface area (Å²) < 4.78 is 1.99. The molecule has 0 aliphatic carbocycles. The number of nitrogens with two attached hydrogens (primary N) is 1. The van der Waals surface area contributed by atoms with E-state index in [2.05, 4.69) is 28.4 Å². The Morgan fingerprint density at radius 2 is 2.08 bits per heavy atom. The van der Waals surface area contributed by atoms with Gasteiger partial charge < -0.3 is 20.7 Å². The van der Waals surface area contributed by atoms with Crippen molar-refractivity contribution in [1.82, 2.24) is 19.9 Å². The fourth-order valence-corrected chi connectivity index (χ4v) is 3.44. The van der Waals surface area contributed by atoms with Gasteiger partial charge in [-0.2, -0.15) is 0 Å². The lowest BCUT2D eigenvalue weighted by Gasteiger charge is -2.13. The first-order chi connectivity index (χ1) is 12.5. The van der Waals surface area contributed by atoms with Crippen LogP contribution in [0.3, 0.4) is 0 Å². The van der Waals surface area contributed by atoms with Crippen molar-refractivity contribution < 1.29 is 9.90 Å². The zero-order chi connectivity index (χ0) is 18.4. The third-order valence-corrected chi connectivity index (χ3v) is 4.62. The molecule has 3 heterocycles. The summed E-state index contributed by atoms with van der Waals surface area (Å²) in [5.41, 5.74) is 10.2. The van der Waals surface area contributed by atoms with Gasteiger partial charge in [-0.15, -0.1) is 0 Å². The quantitative estimate of drug-likeness (QED) is 0.629. The molecule has 0 saturated carbocycles. The third-order valence-electron chi connectivity index (χ3n) is 4.62. The van der Waals surface area contributed by atoms with Gasteiger partial charge in [0.25, 0.3) is 0 Å². The second-order valence-electron chi connectivity index (χ2n) is 6.13. The third kappa shape index (κ3) is 2.25. The van der Waals surface area contributed by atoms with Gasteiger partial charge >= 0.3 is 0 Å². The first kappa shape index (κ1) is 15.9. The molecule has 3 aromatic rings. The van der Waals surface area contributed by atoms with E-state index in [1.54, 1.807) is 24.3 Å². The van der Waals surface area contributed by atoms with Crippen molar-refractivity contribution in [1.29, 1.82) is 0 Å². The van der Waals surface area contributed by atoms with Crippen LogP contribution in [0.5, 0.6) is 5.75 Å². The molecule has 130 valence electrons. The summed E-state index contributed by atoms with van der Waals surface area (Å²) in [6.07, 6.45) is 2.66. The van der Waals surface area contributed by atoms with Crippen LogP contribution in [0.4, 0.5) is 5.82 Å². The molecular weight excluding hydrogens is 330 g/mol. The molecule has 0 spiro atoms. The maximum atomic E-state index is 11.7. The first-order valence-electron chi connectivity index (χ1n) is 8.05. The van der Waals surface area contributed by atoms with Crippen LogP contribution >= 0.6 is 0 Å². The zero-order valence-electron chi connectivity index (χ0n) is 13.9. The van der Waals surface area contributed by atoms with E-state index in [9.17, 15) is 9.90 Å². The Labute approximate surface area is 149 Å². The summed E-state index contributed by atoms with van der Waals surface area (Å²) in [6.45, 7) is 8.17. The Bertz CT molecular complexity index is 1070. The van der Waals surface area contributed by atoms with Gasteiger partial charge in [0.1, 0.15) is 23.5 Å². The number of phenolic OH excluding ortho intramolecular Hbond substituents is 1. The number of fused-ring (bicyclic) bond motifs is 3. The summed E-state index contributed by atoms with van der Waals surface area (Å²) in [4.78, 5) is 20.3. The van der Waals surface area contributed by atoms with E-state index in [4.69, 9.17) is 5.73 Å². The fourth-order valence-electron chi connectivity index (χ4n) is 3.44. The van der Waals surface area contributed by atoms with Gasteiger partial charge in [-0.05, 0) is 29.3 Å². The Hall–Kier alpha value is -3.61. The molecule has 1 atom stereocenters. The van der Waals surface area contributed by atoms with Crippen LogP contribution in [0.15, 0.2) is 49.8 Å². The van der Waals surface area contributed by atoms with Gasteiger partial charge in [0, 0.05) is 12.1 Å². The molecule has 1 aliphatic heterocycles. The van der Waals surface area contributed by atoms with Crippen LogP contribution < -0.4 is 11.1 Å². The van der Waals surface area contributed by atoms with E-state index in [1.165, 1.54) is 12.4 Å². The molecule has 0 unspecified atom stereocenters. The normalized spacial score (nSPS) is 15.8. The molecule has 0 saturated heterocycles. The van der Waals surface area contributed by atoms with Crippen LogP contribution in [0, 0.1) is 0 Å². The molecule has 0 radical (unpaired) electrons. The van der Waals surface area contributed by atoms with Crippen molar-refractivity contribution in [3.05, 3.63) is 55.5 Å². The number of hydrogen-bond acceptors (Lipinski definition) is 5. The number of nitrogen functional groups attached to an aromatic ring is 1. The van der Waals surface area contributed by atoms with Crippen LogP contribution in [-0.4, -0.2) is 31.6 Å². The van der Waals surface area contributed by atoms with E-state index < -0.39 is 0 Å². The topological polar surface area (TPSA) is 106 Å². The number of phenols is 1. The summed E-state index contributed by atoms with van der Waals surface area (Å²) in [7, 11) is 0. The van der Waals surface area contributed by atoms with E-state index in [1.807, 2.05) is 4.57 Å². The molecule has 7 nitrogen and oxygen atoms in total. The number of anilines is 1. The van der Waals surface area contributed by atoms with Crippen molar-refractivity contribution in [2.45, 2.75) is 12.6 Å². The van der Waals surface area contributed by atoms with Crippen LogP contribution in [0.25, 0.3) is 27.7 Å². The Kier molecular flexibility index (Phi) is 3.50. The van der Waals surface area contributed by atoms with E-state index in [-0.39, 0.29) is 17.7 Å². The molecule has 7 heteroatoms. The van der Waals surface area contributed by atoms with Gasteiger partial charge in [0.2, 0.25) is 5.91 Å². The molecule has 0 fully saturated rings. The lowest BCUT2D eigenvalue weighted by Crippen LogP contribution is -2.33. The lowest BCUT2D eigenvalue weighted by atomic mass is 9.97. The smallest absolute Gasteiger partial charge is 0.243 e. The van der Waals surface area contributed by atoms with Gasteiger partial charge in [-0.25, -0.2) is 9.97 Å². The number of aromatic nitrogens is 3. The van der Waals surface area contributed by atoms with Gasteiger partial charge in [-0.3, -0.25) is 4.79 Å². The number of rotatable bonds is 3. The van der Waals surface area contributed by atoms with Crippen LogP contribution in [0.1, 0.15) is 5.69 Å². The molecule has 26 heavy (non-hydrogen) atoms. The maximum Gasteiger partial charge on any atom is 0.243 e. The largest absolute Gasteiger partial charge is 0.508 e. The average Bonchev–Trinajstić information content (AvgIpc) is 3.12. The molecule has 1 aliphatic rings. The number of benzene rings is 1. The summed E-state index contributed by atoms with van der Waals surface area (Å²) in [6, 6.07) is 6.58. The predicted octanol–water partition coefficient (Wildman–Crippen LogP) is 2.08. The van der Waals surface area contributed by atoms with Crippen molar-refractivity contribution in [2.75, 3.05) is 5.73 Å². The number of hydrogen-bond donors (Lipinski definition) is 3. The number of carbonyl (C=O) groups is 1. The van der Waals surface area contributed by atoms with Crippen molar-refractivity contribution in [3.8, 4) is 16.9 Å². The maximum absolute atomic E-state index is 11.7. The molecule has 4 N–H and O–H groups in total. The second-order valence-corrected chi connectivity index (χ2v) is 6.13. The standard InChI is InChI=1S/C19H17N5O2/c1-3-14(26)23-13-8-24-17(10(13)2)15(11-4-6-12(25)7-5-11)16-18(20)21-9-22-19(16)24/h3-7,9,13,25H,1-2,8H2,(H,23,26)(H2,20,21,22)/t13-/m1/s1. The molecule has 2 aromatic heterocycles. The van der Waals surface area contributed by atoms with Crippen molar-refractivity contribution in [2.24, 2.45) is 0 Å². The van der Waals surface area contributed by atoms with Gasteiger partial charge in [0.15, 0.2) is 0 Å². The molecule has 4 rings (SSSR count). The Balaban J connectivity index is 1.95. The van der Waals surface area contributed by atoms with E-state index in [0.717, 1.165) is 27.8 Å². The lowest BCUT2D eigenvalue weighted by molar-refractivity contribution is -0.116. The molecule has 1 aromatic carbocycles. The number of nitrogens with one attached hydrogen (secondary N) is 1. The van der Waals surface area contributed by atoms with Crippen molar-refractivity contribution >= 4 is 28.3 Å². The summed E-state index contributed by atoms with van der Waals surface area (Å²) in [5, 5.41) is 13.2. The number of aromatic hydroxyl groups is 1. The van der Waals surface area contributed by atoms with Gasteiger partial charge in [-0.1, -0.05) is 25.3 Å². The monoisotopic (exact) mass is 347 g/mol. The molecule has 0 bridgehead atoms. The number of nitrogens with zero attached hydrogens (tertiary/aromatic N) is 3. The summed E-state index contributed by atoms with van der Waals surface area (Å²) in [5.74, 6) is 0.291. The molecule has 1 amide bonds. The minimum Gasteiger partial charge on any atom is -0.508 e. The Morgan fingerprint density at radius 3 is 2.77 bits per heavy atom. The second kappa shape index (κ2) is 5.73. The highest BCUT2D eigenvalue weighted by Crippen LogP contribution is 2.43. The van der Waals surface area contributed by atoms with E-state index in [0.29, 0.717) is 18.0 Å². The van der Waals surface area contributed by atoms with Crippen LogP contribution in [-0.2, 0) is 11.3 Å². The molecular formula is C19H17N5O2. The van der Waals surface area contributed by atoms with Crippen LogP contribution in [0.2, 0.25) is 0 Å². The minimum absolute atomic E-state index is 0.174. The number of carbonyl (C=O) groups excluding carboxylic acids is 1. The summed E-state index contributed by atoms with van der Waals surface area (Å²) >= 11 is 0. The van der Waals surface area contributed by atoms with Gasteiger partial charge in [0.05, 0.1) is 17.1 Å². The highest BCUT2D eigenvalue weighted by atomic mass is 16.3. The van der Waals surface area contributed by atoms with Crippen molar-refractivity contribution in [3.63, 3.8) is 0 Å². The predicted molar refractivity (Wildman–Crippen MR) is 100 cm³/mol. The SMILES string of the molecule is C=CC(=O)N[C@@H]1Cn2c(c(-c3ccc(O)cc3)c3c(N)ncnc32)C1=C. The Morgan fingerprint density at radius 1 is 1.35 bits per heavy atom. The zero-order valence-corrected chi connectivity index (χ0v) is 13.9. The average molecular weight is 347 g/mol. The fraction of sp³-hybridized carbons (Fsp3) is 0.105. The minimum atomic E-state index is -0.258. The van der Waals surface area contributed by atoms with E-state index >= 15 is 0 Å².